The van der Waals surface area contributed by atoms with Gasteiger partial charge in [-0.1, -0.05) is 71.1 Å². The van der Waals surface area contributed by atoms with E-state index in [4.69, 9.17) is 4.42 Å². The molecule has 2 saturated carbocycles. The largest absolute Gasteiger partial charge is 0.474 e. The molecule has 2 aliphatic rings. The molecule has 25 heavy (non-hydrogen) atoms. The highest BCUT2D eigenvalue weighted by molar-refractivity contribution is 6.87. The first kappa shape index (κ1) is 18.8. The molecular weight excluding hydrogens is 320 g/mol. The molecule has 0 saturated heterocycles. The van der Waals surface area contributed by atoms with Crippen molar-refractivity contribution in [2.75, 3.05) is 0 Å². The molecule has 2 fully saturated rings. The van der Waals surface area contributed by atoms with Gasteiger partial charge in [0.2, 0.25) is 0 Å². The Balaban J connectivity index is 1.87. The Hall–Kier alpha value is -1.02. The van der Waals surface area contributed by atoms with Crippen molar-refractivity contribution in [1.82, 2.24) is 0 Å². The van der Waals surface area contributed by atoms with E-state index in [0.29, 0.717) is 16.7 Å². The van der Waals surface area contributed by atoms with Crippen molar-refractivity contribution in [3.05, 3.63) is 36.1 Å². The second-order valence-electron chi connectivity index (χ2n) is 10.4. The fraction of sp³-hybridized carbons (Fsp3) is 0.652. The molecule has 3 atom stereocenters. The minimum absolute atomic E-state index is 0.360. The van der Waals surface area contributed by atoms with Crippen molar-refractivity contribution in [3.8, 4) is 0 Å². The highest BCUT2D eigenvalue weighted by atomic mass is 28.3. The molecule has 3 rings (SSSR count). The van der Waals surface area contributed by atoms with Crippen molar-refractivity contribution in [1.29, 1.82) is 0 Å². The quantitative estimate of drug-likeness (QED) is 0.437. The van der Waals surface area contributed by atoms with E-state index in [2.05, 4.69) is 65.2 Å². The number of rotatable bonds is 3. The monoisotopic (exact) mass is 356 g/mol. The number of fused-ring (bicyclic) bond motifs is 1. The molecule has 1 nitrogen and oxygen atoms in total. The molecule has 0 bridgehead atoms. The first-order chi connectivity index (χ1) is 11.5. The maximum absolute atomic E-state index is 5.85. The summed E-state index contributed by atoms with van der Waals surface area (Å²) in [5.41, 5.74) is 3.46. The van der Waals surface area contributed by atoms with Crippen molar-refractivity contribution in [3.63, 3.8) is 0 Å². The van der Waals surface area contributed by atoms with Gasteiger partial charge in [0.1, 0.15) is 8.07 Å². The van der Waals surface area contributed by atoms with E-state index < -0.39 is 8.07 Å². The fourth-order valence-electron chi connectivity index (χ4n) is 5.61. The van der Waals surface area contributed by atoms with Gasteiger partial charge < -0.3 is 4.42 Å². The van der Waals surface area contributed by atoms with E-state index in [1.165, 1.54) is 48.6 Å². The number of hydrogen-bond donors (Lipinski definition) is 0. The normalized spacial score (nSPS) is 32.8. The summed E-state index contributed by atoms with van der Waals surface area (Å²) in [5.74, 6) is 1.30. The average molecular weight is 357 g/mol. The second kappa shape index (κ2) is 6.30. The SMILES string of the molecule is C=C1CC[C@H]2C(C)(C)CCC[C@]2(C)[C@H]1/C=C/c1coc([Si](C)(C)C)c1. The Labute approximate surface area is 155 Å². The highest BCUT2D eigenvalue weighted by Crippen LogP contribution is 2.61. The first-order valence-electron chi connectivity index (χ1n) is 9.99. The van der Waals surface area contributed by atoms with E-state index in [0.717, 1.165) is 5.92 Å². The highest BCUT2D eigenvalue weighted by Gasteiger charge is 2.52. The molecule has 0 spiro atoms. The predicted octanol–water partition coefficient (Wildman–Crippen LogP) is 6.64. The van der Waals surface area contributed by atoms with E-state index in [-0.39, 0.29) is 0 Å². The molecule has 1 aromatic rings. The van der Waals surface area contributed by atoms with Crippen molar-refractivity contribution < 1.29 is 4.42 Å². The van der Waals surface area contributed by atoms with Crippen LogP contribution in [-0.4, -0.2) is 8.07 Å². The van der Waals surface area contributed by atoms with E-state index in [9.17, 15) is 0 Å². The summed E-state index contributed by atoms with van der Waals surface area (Å²) in [7, 11) is -1.37. The molecular formula is C23H36OSi. The zero-order valence-electron chi connectivity index (χ0n) is 17.1. The summed E-state index contributed by atoms with van der Waals surface area (Å²) < 4.78 is 5.85. The molecule has 2 aliphatic carbocycles. The van der Waals surface area contributed by atoms with Gasteiger partial charge in [-0.25, -0.2) is 0 Å². The van der Waals surface area contributed by atoms with Crippen LogP contribution in [0, 0.1) is 22.7 Å². The molecule has 0 N–H and O–H groups in total. The minimum atomic E-state index is -1.37. The Bertz CT molecular complexity index is 673. The standard InChI is InChI=1S/C23H36OSi/c1-17-9-12-20-22(2,3)13-8-14-23(20,4)19(17)11-10-18-15-21(24-16-18)25(5,6)7/h10-11,15-16,19-20H,1,8-9,12-14H2,2-7H3/b11-10+/t19-,20-,23+/m0/s1. The Kier molecular flexibility index (Phi) is 4.73. The third-order valence-electron chi connectivity index (χ3n) is 7.02. The van der Waals surface area contributed by atoms with Gasteiger partial charge in [-0.3, -0.25) is 0 Å². The lowest BCUT2D eigenvalue weighted by molar-refractivity contribution is -0.0389. The van der Waals surface area contributed by atoms with Gasteiger partial charge in [-0.15, -0.1) is 0 Å². The third-order valence-corrected chi connectivity index (χ3v) is 8.76. The third kappa shape index (κ3) is 3.47. The summed E-state index contributed by atoms with van der Waals surface area (Å²) in [6, 6.07) is 2.25. The van der Waals surface area contributed by atoms with Crippen molar-refractivity contribution in [2.45, 2.75) is 72.5 Å². The molecule has 1 aromatic heterocycles. The molecule has 0 aromatic carbocycles. The molecule has 0 amide bonds. The van der Waals surface area contributed by atoms with Gasteiger partial charge in [-0.05, 0) is 48.5 Å². The summed E-state index contributed by atoms with van der Waals surface area (Å²) >= 11 is 0. The van der Waals surface area contributed by atoms with Gasteiger partial charge in [0.25, 0.3) is 0 Å². The van der Waals surface area contributed by atoms with Crippen LogP contribution in [0.25, 0.3) is 6.08 Å². The molecule has 2 heteroatoms. The maximum Gasteiger partial charge on any atom is 0.123 e. The second-order valence-corrected chi connectivity index (χ2v) is 15.4. The minimum Gasteiger partial charge on any atom is -0.474 e. The van der Waals surface area contributed by atoms with Crippen molar-refractivity contribution in [2.24, 2.45) is 22.7 Å². The molecule has 1 heterocycles. The van der Waals surface area contributed by atoms with Crippen LogP contribution in [-0.2, 0) is 0 Å². The van der Waals surface area contributed by atoms with Gasteiger partial charge in [0.05, 0.1) is 11.6 Å². The van der Waals surface area contributed by atoms with Crippen molar-refractivity contribution >= 4 is 19.5 Å². The first-order valence-corrected chi connectivity index (χ1v) is 13.5. The van der Waals surface area contributed by atoms with Crippen LogP contribution in [0.3, 0.4) is 0 Å². The maximum atomic E-state index is 5.85. The van der Waals surface area contributed by atoms with Crippen LogP contribution >= 0.6 is 0 Å². The number of allylic oxidation sites excluding steroid dienone is 2. The topological polar surface area (TPSA) is 13.1 Å². The molecule has 138 valence electrons. The zero-order chi connectivity index (χ0) is 18.5. The van der Waals surface area contributed by atoms with Crippen LogP contribution in [0.4, 0.5) is 0 Å². The summed E-state index contributed by atoms with van der Waals surface area (Å²) in [5, 5.41) is 1.19. The lowest BCUT2D eigenvalue weighted by atomic mass is 9.47. The van der Waals surface area contributed by atoms with Gasteiger partial charge in [0.15, 0.2) is 0 Å². The van der Waals surface area contributed by atoms with E-state index in [1.807, 2.05) is 6.26 Å². The summed E-state index contributed by atoms with van der Waals surface area (Å²) in [6.07, 6.45) is 13.2. The lowest BCUT2D eigenvalue weighted by Gasteiger charge is -2.57. The van der Waals surface area contributed by atoms with E-state index in [1.54, 1.807) is 0 Å². The summed E-state index contributed by atoms with van der Waals surface area (Å²) in [4.78, 5) is 0. The molecule has 0 unspecified atom stereocenters. The number of hydrogen-bond acceptors (Lipinski definition) is 1. The zero-order valence-corrected chi connectivity index (χ0v) is 18.1. The Morgan fingerprint density at radius 1 is 1.20 bits per heavy atom. The van der Waals surface area contributed by atoms with Gasteiger partial charge >= 0.3 is 0 Å². The smallest absolute Gasteiger partial charge is 0.123 e. The molecule has 0 aliphatic heterocycles. The van der Waals surface area contributed by atoms with E-state index >= 15 is 0 Å². The summed E-state index contributed by atoms with van der Waals surface area (Å²) in [6.45, 7) is 19.0. The van der Waals surface area contributed by atoms with Crippen LogP contribution in [0.2, 0.25) is 19.6 Å². The predicted molar refractivity (Wildman–Crippen MR) is 112 cm³/mol. The van der Waals surface area contributed by atoms with Crippen LogP contribution in [0.5, 0.6) is 0 Å². The van der Waals surface area contributed by atoms with Crippen LogP contribution in [0.1, 0.15) is 58.4 Å². The van der Waals surface area contributed by atoms with Crippen LogP contribution < -0.4 is 5.38 Å². The molecule has 0 radical (unpaired) electrons. The Morgan fingerprint density at radius 3 is 2.56 bits per heavy atom. The Morgan fingerprint density at radius 2 is 1.92 bits per heavy atom. The fourth-order valence-corrected chi connectivity index (χ4v) is 6.62. The van der Waals surface area contributed by atoms with Gasteiger partial charge in [-0.2, -0.15) is 0 Å². The number of furan rings is 1. The van der Waals surface area contributed by atoms with Crippen LogP contribution in [0.15, 0.2) is 35.0 Å². The lowest BCUT2D eigenvalue weighted by Crippen LogP contribution is -2.48. The van der Waals surface area contributed by atoms with Gasteiger partial charge in [0, 0.05) is 11.5 Å². The average Bonchev–Trinajstić information content (AvgIpc) is 2.94.